The molecule has 1 aromatic heterocycles. The van der Waals surface area contributed by atoms with Crippen LogP contribution in [0.3, 0.4) is 0 Å². The first-order chi connectivity index (χ1) is 9.83. The lowest BCUT2D eigenvalue weighted by atomic mass is 9.98. The number of nitrogens with one attached hydrogen (secondary N) is 1. The molecule has 0 saturated carbocycles. The standard InChI is InChI=1S/C14H22N4O2/c19-14(17-5-7-20-8-6-17)13-9-16-18(11-13)10-12-1-3-15-4-2-12/h9,11-12,15H,1-8,10H2. The van der Waals surface area contributed by atoms with Crippen LogP contribution in [0.5, 0.6) is 0 Å². The molecule has 6 heteroatoms. The van der Waals surface area contributed by atoms with Crippen LogP contribution in [0.15, 0.2) is 12.4 Å². The third kappa shape index (κ3) is 3.19. The number of nitrogens with zero attached hydrogens (tertiary/aromatic N) is 3. The molecular weight excluding hydrogens is 256 g/mol. The van der Waals surface area contributed by atoms with E-state index in [1.807, 2.05) is 15.8 Å². The van der Waals surface area contributed by atoms with Crippen LogP contribution in [0.4, 0.5) is 0 Å². The lowest BCUT2D eigenvalue weighted by molar-refractivity contribution is 0.0303. The predicted molar refractivity (Wildman–Crippen MR) is 74.5 cm³/mol. The Kier molecular flexibility index (Phi) is 4.32. The molecule has 6 nitrogen and oxygen atoms in total. The number of hydrogen-bond donors (Lipinski definition) is 1. The number of carbonyl (C=O) groups excluding carboxylic acids is 1. The number of piperidine rings is 1. The molecule has 0 radical (unpaired) electrons. The van der Waals surface area contributed by atoms with Gasteiger partial charge in [-0.05, 0) is 31.8 Å². The van der Waals surface area contributed by atoms with Gasteiger partial charge in [0.1, 0.15) is 0 Å². The van der Waals surface area contributed by atoms with Crippen molar-refractivity contribution in [1.82, 2.24) is 20.0 Å². The van der Waals surface area contributed by atoms with Crippen molar-refractivity contribution < 1.29 is 9.53 Å². The van der Waals surface area contributed by atoms with E-state index in [-0.39, 0.29) is 5.91 Å². The van der Waals surface area contributed by atoms with Crippen molar-refractivity contribution in [3.05, 3.63) is 18.0 Å². The zero-order valence-electron chi connectivity index (χ0n) is 11.8. The van der Waals surface area contributed by atoms with Crippen molar-refractivity contribution in [3.63, 3.8) is 0 Å². The van der Waals surface area contributed by atoms with Crippen LogP contribution in [-0.2, 0) is 11.3 Å². The molecule has 1 amide bonds. The van der Waals surface area contributed by atoms with Gasteiger partial charge in [-0.2, -0.15) is 5.10 Å². The maximum absolute atomic E-state index is 12.3. The molecule has 0 bridgehead atoms. The molecule has 3 heterocycles. The molecular formula is C14H22N4O2. The highest BCUT2D eigenvalue weighted by atomic mass is 16.5. The van der Waals surface area contributed by atoms with Crippen molar-refractivity contribution in [1.29, 1.82) is 0 Å². The summed E-state index contributed by atoms with van der Waals surface area (Å²) >= 11 is 0. The normalized spacial score (nSPS) is 21.1. The lowest BCUT2D eigenvalue weighted by Gasteiger charge is -2.26. The second-order valence-electron chi connectivity index (χ2n) is 5.55. The van der Waals surface area contributed by atoms with Crippen molar-refractivity contribution in [2.75, 3.05) is 39.4 Å². The molecule has 0 atom stereocenters. The largest absolute Gasteiger partial charge is 0.378 e. The third-order valence-corrected chi connectivity index (χ3v) is 4.08. The van der Waals surface area contributed by atoms with Crippen LogP contribution < -0.4 is 5.32 Å². The third-order valence-electron chi connectivity index (χ3n) is 4.08. The SMILES string of the molecule is O=C(c1cnn(CC2CCNCC2)c1)N1CCOCC1. The topological polar surface area (TPSA) is 59.4 Å². The van der Waals surface area contributed by atoms with Crippen LogP contribution >= 0.6 is 0 Å². The predicted octanol–water partition coefficient (Wildman–Crippen LogP) is 0.355. The first-order valence-electron chi connectivity index (χ1n) is 7.43. The molecule has 110 valence electrons. The minimum absolute atomic E-state index is 0.0739. The van der Waals surface area contributed by atoms with Crippen LogP contribution in [0.2, 0.25) is 0 Å². The number of morpholine rings is 1. The quantitative estimate of drug-likeness (QED) is 0.867. The molecule has 1 aromatic rings. The fourth-order valence-electron chi connectivity index (χ4n) is 2.85. The molecule has 2 fully saturated rings. The molecule has 2 aliphatic rings. The summed E-state index contributed by atoms with van der Waals surface area (Å²) in [5.41, 5.74) is 0.695. The van der Waals surface area contributed by atoms with Gasteiger partial charge in [-0.3, -0.25) is 9.48 Å². The zero-order valence-corrected chi connectivity index (χ0v) is 11.8. The molecule has 20 heavy (non-hydrogen) atoms. The molecule has 2 aliphatic heterocycles. The van der Waals surface area contributed by atoms with Gasteiger partial charge in [-0.1, -0.05) is 0 Å². The number of carbonyl (C=O) groups is 1. The summed E-state index contributed by atoms with van der Waals surface area (Å²) in [6.07, 6.45) is 5.96. The smallest absolute Gasteiger partial charge is 0.257 e. The van der Waals surface area contributed by atoms with Gasteiger partial charge in [-0.15, -0.1) is 0 Å². The van der Waals surface area contributed by atoms with E-state index < -0.39 is 0 Å². The number of amides is 1. The van der Waals surface area contributed by atoms with Gasteiger partial charge in [0.15, 0.2) is 0 Å². The first kappa shape index (κ1) is 13.6. The Hall–Kier alpha value is -1.40. The van der Waals surface area contributed by atoms with Crippen LogP contribution in [0, 0.1) is 5.92 Å². The highest BCUT2D eigenvalue weighted by Crippen LogP contribution is 2.14. The van der Waals surface area contributed by atoms with Gasteiger partial charge in [-0.25, -0.2) is 0 Å². The summed E-state index contributed by atoms with van der Waals surface area (Å²) in [5.74, 6) is 0.743. The molecule has 0 aliphatic carbocycles. The molecule has 0 spiro atoms. The van der Waals surface area contributed by atoms with E-state index in [0.29, 0.717) is 37.8 Å². The van der Waals surface area contributed by atoms with Gasteiger partial charge < -0.3 is 15.0 Å². The summed E-state index contributed by atoms with van der Waals surface area (Å²) in [7, 11) is 0. The monoisotopic (exact) mass is 278 g/mol. The average Bonchev–Trinajstić information content (AvgIpc) is 2.97. The number of rotatable bonds is 3. The maximum Gasteiger partial charge on any atom is 0.257 e. The van der Waals surface area contributed by atoms with E-state index in [9.17, 15) is 4.79 Å². The Balaban J connectivity index is 1.59. The van der Waals surface area contributed by atoms with Crippen LogP contribution in [-0.4, -0.2) is 60.0 Å². The van der Waals surface area contributed by atoms with E-state index in [0.717, 1.165) is 19.6 Å². The van der Waals surface area contributed by atoms with Crippen molar-refractivity contribution >= 4 is 5.91 Å². The molecule has 3 rings (SSSR count). The van der Waals surface area contributed by atoms with E-state index >= 15 is 0 Å². The average molecular weight is 278 g/mol. The summed E-state index contributed by atoms with van der Waals surface area (Å²) in [5, 5.41) is 7.71. The van der Waals surface area contributed by atoms with E-state index in [2.05, 4.69) is 10.4 Å². The highest BCUT2D eigenvalue weighted by Gasteiger charge is 2.20. The minimum Gasteiger partial charge on any atom is -0.378 e. The van der Waals surface area contributed by atoms with Crippen molar-refractivity contribution in [3.8, 4) is 0 Å². The van der Waals surface area contributed by atoms with Gasteiger partial charge in [0.05, 0.1) is 25.0 Å². The second-order valence-corrected chi connectivity index (χ2v) is 5.55. The number of hydrogen-bond acceptors (Lipinski definition) is 4. The number of ether oxygens (including phenoxy) is 1. The Morgan fingerprint density at radius 3 is 2.85 bits per heavy atom. The number of aromatic nitrogens is 2. The van der Waals surface area contributed by atoms with E-state index in [4.69, 9.17) is 4.74 Å². The fraction of sp³-hybridized carbons (Fsp3) is 0.714. The van der Waals surface area contributed by atoms with Gasteiger partial charge >= 0.3 is 0 Å². The van der Waals surface area contributed by atoms with Crippen molar-refractivity contribution in [2.24, 2.45) is 5.92 Å². The first-order valence-corrected chi connectivity index (χ1v) is 7.43. The minimum atomic E-state index is 0.0739. The Labute approximate surface area is 119 Å². The van der Waals surface area contributed by atoms with Crippen LogP contribution in [0.25, 0.3) is 0 Å². The highest BCUT2D eigenvalue weighted by molar-refractivity contribution is 5.93. The summed E-state index contributed by atoms with van der Waals surface area (Å²) < 4.78 is 7.19. The second kappa shape index (κ2) is 6.37. The Morgan fingerprint density at radius 2 is 2.10 bits per heavy atom. The summed E-state index contributed by atoms with van der Waals surface area (Å²) in [6.45, 7) is 5.72. The Morgan fingerprint density at radius 1 is 1.35 bits per heavy atom. The summed E-state index contributed by atoms with van der Waals surface area (Å²) in [4.78, 5) is 14.2. The molecule has 0 unspecified atom stereocenters. The lowest BCUT2D eigenvalue weighted by Crippen LogP contribution is -2.40. The van der Waals surface area contributed by atoms with E-state index in [1.54, 1.807) is 6.20 Å². The van der Waals surface area contributed by atoms with Gasteiger partial charge in [0.2, 0.25) is 0 Å². The molecule has 1 N–H and O–H groups in total. The van der Waals surface area contributed by atoms with Crippen LogP contribution in [0.1, 0.15) is 23.2 Å². The van der Waals surface area contributed by atoms with Crippen molar-refractivity contribution in [2.45, 2.75) is 19.4 Å². The van der Waals surface area contributed by atoms with Gasteiger partial charge in [0, 0.05) is 25.8 Å². The molecule has 2 saturated heterocycles. The van der Waals surface area contributed by atoms with Gasteiger partial charge in [0.25, 0.3) is 5.91 Å². The maximum atomic E-state index is 12.3. The summed E-state index contributed by atoms with van der Waals surface area (Å²) in [6, 6.07) is 0. The fourth-order valence-corrected chi connectivity index (χ4v) is 2.85. The Bertz CT molecular complexity index is 448. The molecule has 0 aromatic carbocycles. The zero-order chi connectivity index (χ0) is 13.8. The van der Waals surface area contributed by atoms with E-state index in [1.165, 1.54) is 12.8 Å².